The Bertz CT molecular complexity index is 873. The van der Waals surface area contributed by atoms with Crippen molar-refractivity contribution in [3.8, 4) is 5.69 Å². The Morgan fingerprint density at radius 1 is 1.20 bits per heavy atom. The van der Waals surface area contributed by atoms with Gasteiger partial charge in [0.1, 0.15) is 11.6 Å². The van der Waals surface area contributed by atoms with Crippen LogP contribution < -0.4 is 5.56 Å². The smallest absolute Gasteiger partial charge is 0.266 e. The highest BCUT2D eigenvalue weighted by Crippen LogP contribution is 2.18. The fourth-order valence-electron chi connectivity index (χ4n) is 2.19. The average Bonchev–Trinajstić information content (AvgIpc) is 2.42. The van der Waals surface area contributed by atoms with Crippen LogP contribution in [-0.4, -0.2) is 9.55 Å². The number of aryl methyl sites for hydroxylation is 1. The van der Waals surface area contributed by atoms with Crippen LogP contribution in [0, 0.1) is 12.7 Å². The van der Waals surface area contributed by atoms with Crippen molar-refractivity contribution >= 4 is 26.8 Å². The molecule has 100 valence electrons. The maximum absolute atomic E-state index is 13.9. The highest BCUT2D eigenvalue weighted by atomic mass is 79.9. The number of benzene rings is 2. The van der Waals surface area contributed by atoms with Crippen molar-refractivity contribution < 1.29 is 4.39 Å². The Kier molecular flexibility index (Phi) is 3.14. The van der Waals surface area contributed by atoms with Gasteiger partial charge in [0, 0.05) is 4.47 Å². The molecule has 2 aromatic carbocycles. The molecule has 0 spiro atoms. The summed E-state index contributed by atoms with van der Waals surface area (Å²) in [7, 11) is 0. The van der Waals surface area contributed by atoms with Gasteiger partial charge < -0.3 is 0 Å². The summed E-state index contributed by atoms with van der Waals surface area (Å²) < 4.78 is 16.0. The normalized spacial score (nSPS) is 10.9. The second kappa shape index (κ2) is 4.83. The van der Waals surface area contributed by atoms with Gasteiger partial charge in [0.2, 0.25) is 0 Å². The van der Waals surface area contributed by atoms with Gasteiger partial charge in [-0.1, -0.05) is 28.1 Å². The Morgan fingerprint density at radius 2 is 1.95 bits per heavy atom. The Hall–Kier alpha value is -2.01. The summed E-state index contributed by atoms with van der Waals surface area (Å²) in [5, 5.41) is 0.452. The van der Waals surface area contributed by atoms with Gasteiger partial charge in [-0.05, 0) is 37.3 Å². The molecule has 3 rings (SSSR count). The summed E-state index contributed by atoms with van der Waals surface area (Å²) in [5.74, 6) is 0.00349. The number of fused-ring (bicyclic) bond motifs is 1. The highest BCUT2D eigenvalue weighted by molar-refractivity contribution is 9.10. The fourth-order valence-corrected chi connectivity index (χ4v) is 2.55. The maximum Gasteiger partial charge on any atom is 0.266 e. The van der Waals surface area contributed by atoms with Crippen molar-refractivity contribution in [1.82, 2.24) is 9.55 Å². The lowest BCUT2D eigenvalue weighted by atomic mass is 10.2. The average molecular weight is 333 g/mol. The molecule has 3 nitrogen and oxygen atoms in total. The van der Waals surface area contributed by atoms with Crippen LogP contribution in [0.25, 0.3) is 16.6 Å². The predicted octanol–water partition coefficient (Wildman–Crippen LogP) is 3.60. The first-order valence-electron chi connectivity index (χ1n) is 6.02. The Morgan fingerprint density at radius 3 is 2.70 bits per heavy atom. The monoisotopic (exact) mass is 332 g/mol. The van der Waals surface area contributed by atoms with Gasteiger partial charge in [-0.15, -0.1) is 0 Å². The molecule has 0 saturated carbocycles. The largest absolute Gasteiger partial charge is 0.268 e. The molecule has 0 N–H and O–H groups in total. The van der Waals surface area contributed by atoms with Crippen LogP contribution in [0.1, 0.15) is 5.82 Å². The van der Waals surface area contributed by atoms with E-state index in [2.05, 4.69) is 20.9 Å². The van der Waals surface area contributed by atoms with Crippen LogP contribution in [-0.2, 0) is 0 Å². The van der Waals surface area contributed by atoms with Crippen molar-refractivity contribution in [2.24, 2.45) is 0 Å². The number of hydrogen-bond donors (Lipinski definition) is 0. The van der Waals surface area contributed by atoms with Gasteiger partial charge in [0.15, 0.2) is 0 Å². The van der Waals surface area contributed by atoms with Gasteiger partial charge in [-0.2, -0.15) is 0 Å². The van der Waals surface area contributed by atoms with Crippen molar-refractivity contribution in [3.63, 3.8) is 0 Å². The number of nitrogens with zero attached hydrogens (tertiary/aromatic N) is 2. The van der Waals surface area contributed by atoms with E-state index in [1.54, 1.807) is 37.3 Å². The molecular weight excluding hydrogens is 323 g/mol. The van der Waals surface area contributed by atoms with E-state index >= 15 is 0 Å². The fraction of sp³-hybridized carbons (Fsp3) is 0.0667. The summed E-state index contributed by atoms with van der Waals surface area (Å²) in [6.45, 7) is 1.69. The van der Waals surface area contributed by atoms with Gasteiger partial charge in [-0.3, -0.25) is 9.36 Å². The number of halogens is 2. The molecule has 0 aliphatic rings. The highest BCUT2D eigenvalue weighted by Gasteiger charge is 2.12. The van der Waals surface area contributed by atoms with Gasteiger partial charge >= 0.3 is 0 Å². The van der Waals surface area contributed by atoms with Crippen LogP contribution in [0.5, 0.6) is 0 Å². The molecule has 5 heteroatoms. The molecule has 0 fully saturated rings. The molecule has 0 atom stereocenters. The van der Waals surface area contributed by atoms with Crippen LogP contribution in [0.4, 0.5) is 4.39 Å². The number of aromatic nitrogens is 2. The minimum absolute atomic E-state index is 0.212. The first-order chi connectivity index (χ1) is 9.58. The van der Waals surface area contributed by atoms with Gasteiger partial charge in [0.25, 0.3) is 5.56 Å². The molecule has 0 saturated heterocycles. The van der Waals surface area contributed by atoms with Crippen molar-refractivity contribution in [2.45, 2.75) is 6.92 Å². The zero-order valence-corrected chi connectivity index (χ0v) is 12.2. The summed E-state index contributed by atoms with van der Waals surface area (Å²) in [5.41, 5.74) is 0.534. The van der Waals surface area contributed by atoms with Crippen LogP contribution in [0.15, 0.2) is 51.7 Å². The van der Waals surface area contributed by atoms with E-state index in [1.165, 1.54) is 10.6 Å². The lowest BCUT2D eigenvalue weighted by Crippen LogP contribution is -2.23. The van der Waals surface area contributed by atoms with E-state index in [-0.39, 0.29) is 11.2 Å². The van der Waals surface area contributed by atoms with Crippen molar-refractivity contribution in [1.29, 1.82) is 0 Å². The van der Waals surface area contributed by atoms with E-state index in [0.29, 0.717) is 16.7 Å². The molecule has 0 aliphatic heterocycles. The molecule has 3 aromatic rings. The third-order valence-corrected chi connectivity index (χ3v) is 3.58. The molecule has 1 aromatic heterocycles. The Balaban J connectivity index is 2.43. The zero-order chi connectivity index (χ0) is 14.3. The molecule has 0 amide bonds. The van der Waals surface area contributed by atoms with E-state index in [1.807, 2.05) is 6.07 Å². The second-order valence-corrected chi connectivity index (χ2v) is 5.33. The zero-order valence-electron chi connectivity index (χ0n) is 10.6. The first kappa shape index (κ1) is 13.0. The van der Waals surface area contributed by atoms with Crippen molar-refractivity contribution in [3.05, 3.63) is 68.9 Å². The van der Waals surface area contributed by atoms with Crippen LogP contribution in [0.3, 0.4) is 0 Å². The lowest BCUT2D eigenvalue weighted by molar-refractivity contribution is 0.613. The topological polar surface area (TPSA) is 34.9 Å². The SMILES string of the molecule is Cc1nc2ccc(Br)cc2c(=O)n1-c1ccccc1F. The van der Waals surface area contributed by atoms with Gasteiger partial charge in [-0.25, -0.2) is 9.37 Å². The van der Waals surface area contributed by atoms with E-state index in [0.717, 1.165) is 4.47 Å². The summed E-state index contributed by atoms with van der Waals surface area (Å²) in [6.07, 6.45) is 0. The summed E-state index contributed by atoms with van der Waals surface area (Å²) >= 11 is 3.33. The van der Waals surface area contributed by atoms with Crippen LogP contribution >= 0.6 is 15.9 Å². The molecule has 20 heavy (non-hydrogen) atoms. The molecule has 0 radical (unpaired) electrons. The number of hydrogen-bond acceptors (Lipinski definition) is 2. The minimum Gasteiger partial charge on any atom is -0.268 e. The molecule has 1 heterocycles. The van der Waals surface area contributed by atoms with E-state index in [9.17, 15) is 9.18 Å². The summed E-state index contributed by atoms with van der Waals surface area (Å²) in [4.78, 5) is 17.0. The molecular formula is C15H10BrFN2O. The first-order valence-corrected chi connectivity index (χ1v) is 6.81. The number of rotatable bonds is 1. The molecule has 0 aliphatic carbocycles. The quantitative estimate of drug-likeness (QED) is 0.682. The second-order valence-electron chi connectivity index (χ2n) is 4.41. The van der Waals surface area contributed by atoms with Gasteiger partial charge in [0.05, 0.1) is 16.6 Å². The third kappa shape index (κ3) is 2.04. The Labute approximate surface area is 122 Å². The minimum atomic E-state index is -0.450. The standard InChI is InChI=1S/C15H10BrFN2O/c1-9-18-13-7-6-10(16)8-11(13)15(20)19(9)14-5-3-2-4-12(14)17/h2-8H,1H3. The van der Waals surface area contributed by atoms with E-state index < -0.39 is 5.82 Å². The predicted molar refractivity (Wildman–Crippen MR) is 79.7 cm³/mol. The number of para-hydroxylation sites is 1. The lowest BCUT2D eigenvalue weighted by Gasteiger charge is -2.11. The maximum atomic E-state index is 13.9. The molecule has 0 unspecified atom stereocenters. The molecule has 0 bridgehead atoms. The third-order valence-electron chi connectivity index (χ3n) is 3.09. The summed E-state index contributed by atoms with van der Waals surface area (Å²) in [6, 6.07) is 11.4. The van der Waals surface area contributed by atoms with Crippen LogP contribution in [0.2, 0.25) is 0 Å². The van der Waals surface area contributed by atoms with E-state index in [4.69, 9.17) is 0 Å². The van der Waals surface area contributed by atoms with Crippen molar-refractivity contribution in [2.75, 3.05) is 0 Å².